The van der Waals surface area contributed by atoms with Crippen LogP contribution in [0.5, 0.6) is 0 Å². The highest BCUT2D eigenvalue weighted by Gasteiger charge is 2.19. The first-order valence-corrected chi connectivity index (χ1v) is 7.71. The smallest absolute Gasteiger partial charge is 0.159 e. The van der Waals surface area contributed by atoms with Crippen molar-refractivity contribution in [2.45, 2.75) is 45.3 Å². The highest BCUT2D eigenvalue weighted by Crippen LogP contribution is 2.25. The molecule has 1 aliphatic heterocycles. The van der Waals surface area contributed by atoms with E-state index in [2.05, 4.69) is 28.8 Å². The molecule has 1 unspecified atom stereocenters. The fourth-order valence-corrected chi connectivity index (χ4v) is 3.27. The van der Waals surface area contributed by atoms with Crippen LogP contribution in [-0.2, 0) is 11.2 Å². The van der Waals surface area contributed by atoms with Crippen LogP contribution in [0.3, 0.4) is 0 Å². The van der Waals surface area contributed by atoms with E-state index >= 15 is 0 Å². The first-order chi connectivity index (χ1) is 9.24. The largest absolute Gasteiger partial charge is 0.378 e. The second-order valence-corrected chi connectivity index (χ2v) is 6.16. The summed E-state index contributed by atoms with van der Waals surface area (Å²) in [6.45, 7) is 5.22. The van der Waals surface area contributed by atoms with E-state index in [0.717, 1.165) is 36.0 Å². The Hall–Kier alpha value is -1.20. The molecule has 2 aromatic heterocycles. The van der Waals surface area contributed by atoms with Crippen LogP contribution < -0.4 is 0 Å². The average molecular weight is 277 g/mol. The van der Waals surface area contributed by atoms with Crippen molar-refractivity contribution in [2.75, 3.05) is 6.61 Å². The quantitative estimate of drug-likeness (QED) is 0.860. The van der Waals surface area contributed by atoms with Crippen molar-refractivity contribution in [1.29, 1.82) is 0 Å². The van der Waals surface area contributed by atoms with E-state index in [1.54, 1.807) is 11.3 Å². The van der Waals surface area contributed by atoms with E-state index in [9.17, 15) is 0 Å². The second-order valence-electron chi connectivity index (χ2n) is 5.22. The minimum absolute atomic E-state index is 0.365. The molecule has 0 N–H and O–H groups in total. The fraction of sp³-hybridized carbons (Fsp3) is 0.571. The van der Waals surface area contributed by atoms with Crippen molar-refractivity contribution < 1.29 is 4.74 Å². The van der Waals surface area contributed by atoms with Gasteiger partial charge in [-0.2, -0.15) is 0 Å². The molecule has 1 saturated heterocycles. The molecule has 1 fully saturated rings. The molecule has 0 saturated carbocycles. The summed E-state index contributed by atoms with van der Waals surface area (Å²) >= 11 is 1.71. The zero-order chi connectivity index (χ0) is 13.2. The molecule has 5 heteroatoms. The van der Waals surface area contributed by atoms with Gasteiger partial charge in [0.25, 0.3) is 0 Å². The lowest BCUT2D eigenvalue weighted by Crippen LogP contribution is -2.08. The first-order valence-electron chi connectivity index (χ1n) is 6.83. The predicted octanol–water partition coefficient (Wildman–Crippen LogP) is 3.31. The highest BCUT2D eigenvalue weighted by molar-refractivity contribution is 7.09. The predicted molar refractivity (Wildman–Crippen MR) is 76.4 cm³/mol. The normalized spacial score (nSPS) is 19.4. The van der Waals surface area contributed by atoms with E-state index in [1.165, 1.54) is 6.42 Å². The van der Waals surface area contributed by atoms with E-state index in [4.69, 9.17) is 9.72 Å². The van der Waals surface area contributed by atoms with Crippen LogP contribution in [0, 0.1) is 0 Å². The molecule has 0 amide bonds. The van der Waals surface area contributed by atoms with Gasteiger partial charge in [-0.3, -0.25) is 0 Å². The zero-order valence-electron chi connectivity index (χ0n) is 11.4. The molecule has 102 valence electrons. The van der Waals surface area contributed by atoms with Gasteiger partial charge in [-0.1, -0.05) is 0 Å². The minimum atomic E-state index is 0.365. The maximum atomic E-state index is 5.66. The molecule has 4 nitrogen and oxygen atoms in total. The Labute approximate surface area is 117 Å². The Balaban J connectivity index is 1.78. The topological polar surface area (TPSA) is 39.9 Å². The van der Waals surface area contributed by atoms with Crippen LogP contribution in [0.15, 0.2) is 17.8 Å². The summed E-state index contributed by atoms with van der Waals surface area (Å²) < 4.78 is 7.82. The van der Waals surface area contributed by atoms with Gasteiger partial charge in [-0.15, -0.1) is 11.3 Å². The molecule has 0 bridgehead atoms. The fourth-order valence-electron chi connectivity index (χ4n) is 2.44. The molecule has 0 radical (unpaired) electrons. The van der Waals surface area contributed by atoms with Gasteiger partial charge in [-0.05, 0) is 26.7 Å². The van der Waals surface area contributed by atoms with Gasteiger partial charge in [0.05, 0.1) is 11.1 Å². The van der Waals surface area contributed by atoms with E-state index < -0.39 is 0 Å². The van der Waals surface area contributed by atoms with Gasteiger partial charge >= 0.3 is 0 Å². The lowest BCUT2D eigenvalue weighted by Gasteiger charge is -2.09. The summed E-state index contributed by atoms with van der Waals surface area (Å²) in [7, 11) is 0. The molecule has 3 heterocycles. The van der Waals surface area contributed by atoms with Gasteiger partial charge in [0, 0.05) is 36.8 Å². The number of hydrogen-bond acceptors (Lipinski definition) is 4. The first kappa shape index (κ1) is 12.8. The zero-order valence-corrected chi connectivity index (χ0v) is 12.2. The van der Waals surface area contributed by atoms with Crippen molar-refractivity contribution in [1.82, 2.24) is 14.5 Å². The summed E-state index contributed by atoms with van der Waals surface area (Å²) in [5, 5.41) is 3.26. The molecule has 19 heavy (non-hydrogen) atoms. The maximum absolute atomic E-state index is 5.66. The molecule has 0 aromatic carbocycles. The van der Waals surface area contributed by atoms with Gasteiger partial charge in [0.1, 0.15) is 5.69 Å². The van der Waals surface area contributed by atoms with E-state index in [-0.39, 0.29) is 0 Å². The molecule has 1 atom stereocenters. The number of nitrogens with zero attached hydrogens (tertiary/aromatic N) is 3. The average Bonchev–Trinajstić information content (AvgIpc) is 3.09. The Bertz CT molecular complexity index is 540. The Morgan fingerprint density at radius 1 is 1.53 bits per heavy atom. The summed E-state index contributed by atoms with van der Waals surface area (Å²) in [6.07, 6.45) is 7.50. The number of imidazole rings is 1. The van der Waals surface area contributed by atoms with Crippen LogP contribution in [0.1, 0.15) is 37.7 Å². The maximum Gasteiger partial charge on any atom is 0.159 e. The molecule has 0 spiro atoms. The second kappa shape index (κ2) is 5.43. The minimum Gasteiger partial charge on any atom is -0.378 e. The van der Waals surface area contributed by atoms with Crippen LogP contribution in [0.4, 0.5) is 0 Å². The standard InChI is InChI=1S/C14H19N3OS/c1-10(2)17-6-5-15-14(17)12-9-19-13(16-12)8-11-4-3-7-18-11/h5-6,9-11H,3-4,7-8H2,1-2H3. The van der Waals surface area contributed by atoms with Crippen LogP contribution in [-0.4, -0.2) is 27.2 Å². The summed E-state index contributed by atoms with van der Waals surface area (Å²) in [6, 6.07) is 0.404. The third kappa shape index (κ3) is 2.72. The number of thiazole rings is 1. The SMILES string of the molecule is CC(C)n1ccnc1-c1csc(CC2CCCO2)n1. The Kier molecular flexibility index (Phi) is 3.66. The third-order valence-electron chi connectivity index (χ3n) is 3.43. The van der Waals surface area contributed by atoms with Crippen LogP contribution >= 0.6 is 11.3 Å². The van der Waals surface area contributed by atoms with Gasteiger partial charge in [0.15, 0.2) is 5.82 Å². The molecule has 0 aliphatic carbocycles. The number of rotatable bonds is 4. The lowest BCUT2D eigenvalue weighted by molar-refractivity contribution is 0.111. The molecule has 1 aliphatic rings. The van der Waals surface area contributed by atoms with E-state index in [1.807, 2.05) is 12.4 Å². The summed E-state index contributed by atoms with van der Waals surface area (Å²) in [5.41, 5.74) is 0.983. The van der Waals surface area contributed by atoms with Crippen molar-refractivity contribution in [3.8, 4) is 11.5 Å². The van der Waals surface area contributed by atoms with Crippen molar-refractivity contribution in [3.63, 3.8) is 0 Å². The number of ether oxygens (including phenoxy) is 1. The van der Waals surface area contributed by atoms with Crippen molar-refractivity contribution in [2.24, 2.45) is 0 Å². The monoisotopic (exact) mass is 277 g/mol. The Morgan fingerprint density at radius 3 is 3.16 bits per heavy atom. The van der Waals surface area contributed by atoms with Gasteiger partial charge in [-0.25, -0.2) is 9.97 Å². The van der Waals surface area contributed by atoms with E-state index in [0.29, 0.717) is 12.1 Å². The van der Waals surface area contributed by atoms with Gasteiger partial charge < -0.3 is 9.30 Å². The number of aromatic nitrogens is 3. The van der Waals surface area contributed by atoms with Crippen LogP contribution in [0.2, 0.25) is 0 Å². The molecule has 2 aromatic rings. The third-order valence-corrected chi connectivity index (χ3v) is 4.30. The molecular weight excluding hydrogens is 258 g/mol. The van der Waals surface area contributed by atoms with Crippen molar-refractivity contribution in [3.05, 3.63) is 22.8 Å². The number of hydrogen-bond donors (Lipinski definition) is 0. The molecular formula is C14H19N3OS. The van der Waals surface area contributed by atoms with Crippen molar-refractivity contribution >= 4 is 11.3 Å². The van der Waals surface area contributed by atoms with Gasteiger partial charge in [0.2, 0.25) is 0 Å². The molecule has 3 rings (SSSR count). The summed E-state index contributed by atoms with van der Waals surface area (Å²) in [5.74, 6) is 0.963. The summed E-state index contributed by atoms with van der Waals surface area (Å²) in [4.78, 5) is 9.14. The van der Waals surface area contributed by atoms with Crippen LogP contribution in [0.25, 0.3) is 11.5 Å². The lowest BCUT2D eigenvalue weighted by atomic mass is 10.2. The highest BCUT2D eigenvalue weighted by atomic mass is 32.1. The Morgan fingerprint density at radius 2 is 2.42 bits per heavy atom.